The molecule has 3 aromatic rings. The summed E-state index contributed by atoms with van der Waals surface area (Å²) in [7, 11) is 4.06. The van der Waals surface area contributed by atoms with Crippen molar-refractivity contribution in [1.82, 2.24) is 15.2 Å². The van der Waals surface area contributed by atoms with E-state index in [0.29, 0.717) is 12.1 Å². The first-order valence-corrected chi connectivity index (χ1v) is 10.7. The van der Waals surface area contributed by atoms with Gasteiger partial charge in [-0.2, -0.15) is 0 Å². The zero-order valence-electron chi connectivity index (χ0n) is 15.5. The molecule has 140 valence electrons. The van der Waals surface area contributed by atoms with Crippen molar-refractivity contribution >= 4 is 29.0 Å². The number of benzene rings is 2. The van der Waals surface area contributed by atoms with E-state index in [2.05, 4.69) is 27.3 Å². The number of rotatable bonds is 8. The van der Waals surface area contributed by atoms with E-state index < -0.39 is 0 Å². The number of nitrogens with zero attached hydrogens (tertiary/aromatic N) is 2. The molecule has 27 heavy (non-hydrogen) atoms. The molecule has 0 aliphatic heterocycles. The lowest BCUT2D eigenvalue weighted by atomic mass is 10.1. The van der Waals surface area contributed by atoms with Crippen LogP contribution in [-0.4, -0.2) is 36.4 Å². The highest BCUT2D eigenvalue weighted by molar-refractivity contribution is 7.98. The van der Waals surface area contributed by atoms with Gasteiger partial charge in [0.25, 0.3) is 5.91 Å². The van der Waals surface area contributed by atoms with Crippen molar-refractivity contribution in [2.45, 2.75) is 16.7 Å². The maximum absolute atomic E-state index is 12.8. The van der Waals surface area contributed by atoms with Crippen molar-refractivity contribution in [3.05, 3.63) is 82.3 Å². The topological polar surface area (TPSA) is 45.2 Å². The van der Waals surface area contributed by atoms with Crippen molar-refractivity contribution in [3.8, 4) is 0 Å². The van der Waals surface area contributed by atoms with Crippen LogP contribution in [0.2, 0.25) is 0 Å². The number of amides is 1. The largest absolute Gasteiger partial charge is 0.350 e. The molecule has 0 saturated carbocycles. The number of hydrogen-bond acceptors (Lipinski definition) is 5. The van der Waals surface area contributed by atoms with E-state index in [9.17, 15) is 4.79 Å². The average Bonchev–Trinajstić information content (AvgIpc) is 3.21. The van der Waals surface area contributed by atoms with Gasteiger partial charge in [0.1, 0.15) is 0 Å². The Morgan fingerprint density at radius 1 is 1.15 bits per heavy atom. The van der Waals surface area contributed by atoms with E-state index in [1.54, 1.807) is 23.1 Å². The predicted molar refractivity (Wildman–Crippen MR) is 113 cm³/mol. The quantitative estimate of drug-likeness (QED) is 0.570. The lowest BCUT2D eigenvalue weighted by molar-refractivity contribution is 0.0939. The lowest BCUT2D eigenvalue weighted by Crippen LogP contribution is -2.34. The summed E-state index contributed by atoms with van der Waals surface area (Å²) in [6.07, 6.45) is 0. The summed E-state index contributed by atoms with van der Waals surface area (Å²) in [5.74, 6) is 0.720. The van der Waals surface area contributed by atoms with Crippen LogP contribution >= 0.6 is 23.1 Å². The Balaban J connectivity index is 1.67. The van der Waals surface area contributed by atoms with Gasteiger partial charge in [0, 0.05) is 22.6 Å². The number of nitrogens with one attached hydrogen (secondary N) is 1. The van der Waals surface area contributed by atoms with Gasteiger partial charge in [-0.25, -0.2) is 4.98 Å². The predicted octanol–water partition coefficient (Wildman–Crippen LogP) is 4.47. The number of thioether (sulfide) groups is 1. The maximum atomic E-state index is 12.8. The molecule has 1 N–H and O–H groups in total. The molecule has 1 atom stereocenters. The molecule has 0 radical (unpaired) electrons. The van der Waals surface area contributed by atoms with E-state index in [1.807, 2.05) is 67.5 Å². The maximum Gasteiger partial charge on any atom is 0.252 e. The van der Waals surface area contributed by atoms with Crippen LogP contribution in [0.15, 0.2) is 70.4 Å². The molecular weight excluding hydrogens is 374 g/mol. The molecule has 0 bridgehead atoms. The normalized spacial score (nSPS) is 12.1. The van der Waals surface area contributed by atoms with E-state index in [0.717, 1.165) is 16.3 Å². The van der Waals surface area contributed by atoms with Crippen molar-refractivity contribution in [2.24, 2.45) is 0 Å². The fraction of sp³-hybridized carbons (Fsp3) is 0.238. The summed E-state index contributed by atoms with van der Waals surface area (Å²) in [5.41, 5.74) is 4.77. The summed E-state index contributed by atoms with van der Waals surface area (Å²) in [5, 5.41) is 5.14. The molecular formula is C21H23N3OS2. The molecule has 2 aromatic carbocycles. The molecule has 1 unspecified atom stereocenters. The van der Waals surface area contributed by atoms with Gasteiger partial charge in [-0.05, 0) is 31.8 Å². The lowest BCUT2D eigenvalue weighted by Gasteiger charge is -2.25. The van der Waals surface area contributed by atoms with E-state index >= 15 is 0 Å². The molecule has 1 amide bonds. The molecule has 4 nitrogen and oxygen atoms in total. The molecule has 0 fully saturated rings. The molecule has 0 spiro atoms. The standard InChI is InChI=1S/C21H23N3OS2/c1-24(2)19(16-8-4-3-5-9-16)12-22-21(25)18-10-6-7-11-20(18)27-14-17-13-26-15-23-17/h3-11,13,15,19H,12,14H2,1-2H3,(H,22,25). The molecule has 0 aliphatic rings. The Kier molecular flexibility index (Phi) is 7.04. The second-order valence-electron chi connectivity index (χ2n) is 6.36. The van der Waals surface area contributed by atoms with Gasteiger partial charge < -0.3 is 10.2 Å². The molecule has 3 rings (SSSR count). The molecule has 0 aliphatic carbocycles. The number of likely N-dealkylation sites (N-methyl/N-ethyl adjacent to an activating group) is 1. The minimum Gasteiger partial charge on any atom is -0.350 e. The molecule has 0 saturated heterocycles. The van der Waals surface area contributed by atoms with Crippen LogP contribution in [0.3, 0.4) is 0 Å². The zero-order chi connectivity index (χ0) is 19.1. The molecule has 1 heterocycles. The minimum absolute atomic E-state index is 0.0424. The third kappa shape index (κ3) is 5.42. The van der Waals surface area contributed by atoms with Crippen molar-refractivity contribution in [3.63, 3.8) is 0 Å². The minimum atomic E-state index is -0.0424. The Labute approximate surface area is 168 Å². The van der Waals surface area contributed by atoms with Gasteiger partial charge in [-0.1, -0.05) is 42.5 Å². The summed E-state index contributed by atoms with van der Waals surface area (Å²) in [6.45, 7) is 0.556. The van der Waals surface area contributed by atoms with Crippen LogP contribution in [0.25, 0.3) is 0 Å². The van der Waals surface area contributed by atoms with Crippen molar-refractivity contribution in [1.29, 1.82) is 0 Å². The highest BCUT2D eigenvalue weighted by Crippen LogP contribution is 2.26. The Bertz CT molecular complexity index is 851. The van der Waals surface area contributed by atoms with Gasteiger partial charge in [0.05, 0.1) is 22.8 Å². The number of carbonyl (C=O) groups is 1. The summed E-state index contributed by atoms with van der Waals surface area (Å²) < 4.78 is 0. The van der Waals surface area contributed by atoms with Crippen LogP contribution in [0, 0.1) is 0 Å². The second-order valence-corrected chi connectivity index (χ2v) is 8.10. The smallest absolute Gasteiger partial charge is 0.252 e. The van der Waals surface area contributed by atoms with Gasteiger partial charge in [0.15, 0.2) is 0 Å². The second kappa shape index (κ2) is 9.69. The molecule has 6 heteroatoms. The fourth-order valence-corrected chi connectivity index (χ4v) is 4.42. The number of hydrogen-bond donors (Lipinski definition) is 1. The van der Waals surface area contributed by atoms with Crippen LogP contribution in [0.5, 0.6) is 0 Å². The van der Waals surface area contributed by atoms with Crippen molar-refractivity contribution < 1.29 is 4.79 Å². The summed E-state index contributed by atoms with van der Waals surface area (Å²) in [4.78, 5) is 20.2. The van der Waals surface area contributed by atoms with Crippen molar-refractivity contribution in [2.75, 3.05) is 20.6 Å². The van der Waals surface area contributed by atoms with Crippen LogP contribution in [0.1, 0.15) is 27.7 Å². The average molecular weight is 398 g/mol. The Hall–Kier alpha value is -2.15. The highest BCUT2D eigenvalue weighted by atomic mass is 32.2. The van der Waals surface area contributed by atoms with Crippen LogP contribution < -0.4 is 5.32 Å². The van der Waals surface area contributed by atoms with E-state index in [-0.39, 0.29) is 11.9 Å². The van der Waals surface area contributed by atoms with Gasteiger partial charge in [0.2, 0.25) is 0 Å². The zero-order valence-corrected chi connectivity index (χ0v) is 17.1. The number of carbonyl (C=O) groups excluding carboxylic acids is 1. The fourth-order valence-electron chi connectivity index (χ4n) is 2.80. The van der Waals surface area contributed by atoms with Gasteiger partial charge >= 0.3 is 0 Å². The monoisotopic (exact) mass is 397 g/mol. The first kappa shape index (κ1) is 19.6. The first-order valence-electron chi connectivity index (χ1n) is 8.73. The highest BCUT2D eigenvalue weighted by Gasteiger charge is 2.17. The third-order valence-electron chi connectivity index (χ3n) is 4.25. The number of thiazole rings is 1. The van der Waals surface area contributed by atoms with Crippen LogP contribution in [-0.2, 0) is 5.75 Å². The Morgan fingerprint density at radius 3 is 2.59 bits per heavy atom. The van der Waals surface area contributed by atoms with E-state index in [4.69, 9.17) is 0 Å². The first-order chi connectivity index (χ1) is 13.1. The number of aromatic nitrogens is 1. The van der Waals surface area contributed by atoms with Crippen LogP contribution in [0.4, 0.5) is 0 Å². The SMILES string of the molecule is CN(C)C(CNC(=O)c1ccccc1SCc1cscn1)c1ccccc1. The summed E-state index contributed by atoms with van der Waals surface area (Å²) >= 11 is 3.23. The molecule has 1 aromatic heterocycles. The Morgan fingerprint density at radius 2 is 1.89 bits per heavy atom. The van der Waals surface area contributed by atoms with E-state index in [1.165, 1.54) is 5.56 Å². The van der Waals surface area contributed by atoms with Gasteiger partial charge in [-0.3, -0.25) is 4.79 Å². The summed E-state index contributed by atoms with van der Waals surface area (Å²) in [6, 6.07) is 18.1. The third-order valence-corrected chi connectivity index (χ3v) is 6.00. The van der Waals surface area contributed by atoms with Gasteiger partial charge in [-0.15, -0.1) is 23.1 Å².